The van der Waals surface area contributed by atoms with Crippen LogP contribution >= 0.6 is 0 Å². The third kappa shape index (κ3) is 20.7. The maximum Gasteiger partial charge on any atom is 0.326 e. The molecule has 242 valence electrons. The first-order valence-corrected chi connectivity index (χ1v) is 14.2. The predicted molar refractivity (Wildman–Crippen MR) is 154 cm³/mol. The molecule has 0 aliphatic carbocycles. The van der Waals surface area contributed by atoms with Crippen LogP contribution in [0.15, 0.2) is 0 Å². The number of nitrogens with one attached hydrogen (secondary N) is 4. The fourth-order valence-corrected chi connectivity index (χ4v) is 3.26. The lowest BCUT2D eigenvalue weighted by molar-refractivity contribution is -0.143. The van der Waals surface area contributed by atoms with E-state index >= 15 is 0 Å². The van der Waals surface area contributed by atoms with Crippen molar-refractivity contribution in [1.82, 2.24) is 21.3 Å². The Morgan fingerprint density at radius 1 is 0.667 bits per heavy atom. The van der Waals surface area contributed by atoms with Crippen molar-refractivity contribution in [3.8, 4) is 0 Å². The SMILES string of the molecule is CC(C)(C)NCCCC(=O)N[C@@H](CCC(=O)N[C@@H](CCC(=O)NCCOCCOCC(=O)C(C)(C)C)C(=O)O)C(=O)O. The van der Waals surface area contributed by atoms with E-state index in [4.69, 9.17) is 9.47 Å². The first-order valence-electron chi connectivity index (χ1n) is 14.2. The topological polar surface area (TPSA) is 209 Å². The Morgan fingerprint density at radius 3 is 1.67 bits per heavy atom. The zero-order valence-electron chi connectivity index (χ0n) is 25.8. The summed E-state index contributed by atoms with van der Waals surface area (Å²) in [5, 5.41) is 29.3. The van der Waals surface area contributed by atoms with E-state index in [1.54, 1.807) is 20.8 Å². The molecule has 42 heavy (non-hydrogen) atoms. The Labute approximate surface area is 248 Å². The van der Waals surface area contributed by atoms with Crippen LogP contribution in [-0.4, -0.2) is 103 Å². The molecule has 0 fully saturated rings. The van der Waals surface area contributed by atoms with Crippen molar-refractivity contribution in [1.29, 1.82) is 0 Å². The minimum absolute atomic E-state index is 0.00229. The van der Waals surface area contributed by atoms with Crippen molar-refractivity contribution in [2.75, 3.05) is 39.5 Å². The fourth-order valence-electron chi connectivity index (χ4n) is 3.26. The Hall–Kier alpha value is -3.10. The Kier molecular flexibility index (Phi) is 18.4. The van der Waals surface area contributed by atoms with Crippen LogP contribution in [0, 0.1) is 5.41 Å². The molecule has 0 radical (unpaired) electrons. The van der Waals surface area contributed by atoms with Gasteiger partial charge < -0.3 is 41.0 Å². The molecular formula is C28H50N4O10. The summed E-state index contributed by atoms with van der Waals surface area (Å²) < 4.78 is 10.6. The number of amides is 3. The molecule has 0 heterocycles. The molecule has 0 aromatic rings. The second-order valence-corrected chi connectivity index (χ2v) is 12.0. The van der Waals surface area contributed by atoms with Gasteiger partial charge in [-0.05, 0) is 46.6 Å². The number of ketones is 1. The Morgan fingerprint density at radius 2 is 1.17 bits per heavy atom. The zero-order valence-corrected chi connectivity index (χ0v) is 25.8. The number of Topliss-reactive ketones (excluding diaryl/α,β-unsaturated/α-hetero) is 1. The highest BCUT2D eigenvalue weighted by Crippen LogP contribution is 2.14. The molecule has 14 heteroatoms. The number of aliphatic carboxylic acids is 2. The number of hydrogen-bond donors (Lipinski definition) is 6. The maximum absolute atomic E-state index is 12.3. The van der Waals surface area contributed by atoms with Crippen LogP contribution in [-0.2, 0) is 38.2 Å². The van der Waals surface area contributed by atoms with Gasteiger partial charge in [-0.25, -0.2) is 9.59 Å². The number of ether oxygens (including phenoxy) is 2. The lowest BCUT2D eigenvalue weighted by atomic mass is 9.91. The quantitative estimate of drug-likeness (QED) is 0.0946. The normalized spacial score (nSPS) is 13.1. The zero-order chi connectivity index (χ0) is 32.3. The molecule has 0 aromatic carbocycles. The van der Waals surface area contributed by atoms with Gasteiger partial charge in [-0.2, -0.15) is 0 Å². The lowest BCUT2D eigenvalue weighted by Gasteiger charge is -2.20. The van der Waals surface area contributed by atoms with Crippen LogP contribution in [0.5, 0.6) is 0 Å². The number of carbonyl (C=O) groups excluding carboxylic acids is 4. The molecule has 0 unspecified atom stereocenters. The van der Waals surface area contributed by atoms with E-state index in [0.29, 0.717) is 13.0 Å². The van der Waals surface area contributed by atoms with E-state index in [9.17, 15) is 39.0 Å². The molecule has 6 N–H and O–H groups in total. The highest BCUT2D eigenvalue weighted by molar-refractivity contribution is 5.86. The maximum atomic E-state index is 12.3. The fraction of sp³-hybridized carbons (Fsp3) is 0.786. The first kappa shape index (κ1) is 38.9. The minimum atomic E-state index is -1.35. The van der Waals surface area contributed by atoms with Gasteiger partial charge in [0, 0.05) is 36.8 Å². The van der Waals surface area contributed by atoms with Crippen molar-refractivity contribution in [3.63, 3.8) is 0 Å². The summed E-state index contributed by atoms with van der Waals surface area (Å²) in [6.45, 7) is 12.8. The van der Waals surface area contributed by atoms with Crippen LogP contribution in [0.3, 0.4) is 0 Å². The molecule has 2 atom stereocenters. The summed E-state index contributed by atoms with van der Waals surface area (Å²) in [5.74, 6) is -4.26. The third-order valence-electron chi connectivity index (χ3n) is 5.83. The minimum Gasteiger partial charge on any atom is -0.480 e. The molecule has 0 bridgehead atoms. The van der Waals surface area contributed by atoms with Gasteiger partial charge in [0.2, 0.25) is 17.7 Å². The van der Waals surface area contributed by atoms with Crippen LogP contribution in [0.4, 0.5) is 0 Å². The Bertz CT molecular complexity index is 896. The molecule has 0 saturated heterocycles. The van der Waals surface area contributed by atoms with Gasteiger partial charge in [-0.15, -0.1) is 0 Å². The molecule has 0 aromatic heterocycles. The highest BCUT2D eigenvalue weighted by Gasteiger charge is 2.24. The van der Waals surface area contributed by atoms with E-state index in [1.165, 1.54) is 0 Å². The second-order valence-electron chi connectivity index (χ2n) is 12.0. The van der Waals surface area contributed by atoms with Gasteiger partial charge in [-0.3, -0.25) is 19.2 Å². The summed E-state index contributed by atoms with van der Waals surface area (Å²) in [7, 11) is 0. The van der Waals surface area contributed by atoms with Gasteiger partial charge in [0.05, 0.1) is 19.8 Å². The third-order valence-corrected chi connectivity index (χ3v) is 5.83. The number of hydrogen-bond acceptors (Lipinski definition) is 9. The molecule has 0 saturated carbocycles. The van der Waals surface area contributed by atoms with Gasteiger partial charge in [-0.1, -0.05) is 20.8 Å². The average Bonchev–Trinajstić information content (AvgIpc) is 2.86. The number of carboxylic acids is 2. The van der Waals surface area contributed by atoms with Crippen LogP contribution < -0.4 is 21.3 Å². The predicted octanol–water partition coefficient (Wildman–Crippen LogP) is 0.619. The van der Waals surface area contributed by atoms with E-state index in [1.807, 2.05) is 20.8 Å². The molecule has 3 amide bonds. The molecule has 0 spiro atoms. The van der Waals surface area contributed by atoms with Crippen LogP contribution in [0.25, 0.3) is 0 Å². The average molecular weight is 603 g/mol. The summed E-state index contributed by atoms with van der Waals surface area (Å²) in [4.78, 5) is 71.3. The second kappa shape index (κ2) is 19.9. The van der Waals surface area contributed by atoms with Crippen molar-refractivity contribution in [2.24, 2.45) is 5.41 Å². The van der Waals surface area contributed by atoms with Crippen LogP contribution in [0.2, 0.25) is 0 Å². The summed E-state index contributed by atoms with van der Waals surface area (Å²) in [6.07, 6.45) is -0.282. The molecule has 0 aliphatic heterocycles. The van der Waals surface area contributed by atoms with E-state index in [0.717, 1.165) is 0 Å². The lowest BCUT2D eigenvalue weighted by Crippen LogP contribution is -2.44. The smallest absolute Gasteiger partial charge is 0.326 e. The van der Waals surface area contributed by atoms with Gasteiger partial charge in [0.15, 0.2) is 5.78 Å². The first-order chi connectivity index (χ1) is 19.4. The van der Waals surface area contributed by atoms with E-state index in [-0.39, 0.29) is 76.4 Å². The molecular weight excluding hydrogens is 552 g/mol. The van der Waals surface area contributed by atoms with E-state index in [2.05, 4.69) is 21.3 Å². The van der Waals surface area contributed by atoms with E-state index < -0.39 is 47.2 Å². The monoisotopic (exact) mass is 602 g/mol. The van der Waals surface area contributed by atoms with Crippen molar-refractivity contribution in [2.45, 2.75) is 97.7 Å². The largest absolute Gasteiger partial charge is 0.480 e. The standard InChI is InChI=1S/C28H50N4O10/c1-27(2,3)21(33)18-42-17-16-41-15-14-29-22(34)11-9-19(25(37)38)32-24(36)12-10-20(26(39)40)31-23(35)8-7-13-30-28(4,5)6/h19-20,30H,7-18H2,1-6H3,(H,29,34)(H,31,35)(H,32,36)(H,37,38)(H,39,40)/t19-,20-/m0/s1. The Balaban J connectivity index is 4.30. The molecule has 0 rings (SSSR count). The van der Waals surface area contributed by atoms with Gasteiger partial charge >= 0.3 is 11.9 Å². The summed E-state index contributed by atoms with van der Waals surface area (Å²) >= 11 is 0. The summed E-state index contributed by atoms with van der Waals surface area (Å²) in [5.41, 5.74) is -0.577. The summed E-state index contributed by atoms with van der Waals surface area (Å²) in [6, 6.07) is -2.65. The van der Waals surface area contributed by atoms with Crippen molar-refractivity contribution < 1.29 is 48.5 Å². The number of carboxylic acid groups (broad SMARTS) is 2. The highest BCUT2D eigenvalue weighted by atomic mass is 16.5. The number of rotatable bonds is 22. The number of carbonyl (C=O) groups is 6. The van der Waals surface area contributed by atoms with Gasteiger partial charge in [0.25, 0.3) is 0 Å². The molecule has 14 nitrogen and oxygen atoms in total. The van der Waals surface area contributed by atoms with Crippen molar-refractivity contribution >= 4 is 35.4 Å². The molecule has 0 aliphatic rings. The van der Waals surface area contributed by atoms with Crippen LogP contribution in [0.1, 0.15) is 80.1 Å². The van der Waals surface area contributed by atoms with Crippen molar-refractivity contribution in [3.05, 3.63) is 0 Å². The van der Waals surface area contributed by atoms with Gasteiger partial charge in [0.1, 0.15) is 18.7 Å².